The van der Waals surface area contributed by atoms with Crippen LogP contribution in [0.25, 0.3) is 22.3 Å². The van der Waals surface area contributed by atoms with E-state index in [9.17, 15) is 19.7 Å². The number of hydrogen-bond donors (Lipinski definition) is 2. The van der Waals surface area contributed by atoms with E-state index in [-0.39, 0.29) is 11.3 Å². The molecule has 2 amide bonds. The number of carboxylic acid groups (broad SMARTS) is 1. The zero-order chi connectivity index (χ0) is 25.9. The Bertz CT molecular complexity index is 1490. The molecule has 0 radical (unpaired) electrons. The number of nitro benzene ring substituents is 1. The van der Waals surface area contributed by atoms with Crippen molar-refractivity contribution < 1.29 is 24.0 Å². The molecule has 0 saturated carbocycles. The molecule has 10 heteroatoms. The molecule has 0 spiro atoms. The van der Waals surface area contributed by atoms with Gasteiger partial charge in [0.1, 0.15) is 11.3 Å². The third-order valence-corrected chi connectivity index (χ3v) is 6.39. The smallest absolute Gasteiger partial charge is 0.407 e. The Morgan fingerprint density at radius 2 is 1.76 bits per heavy atom. The van der Waals surface area contributed by atoms with E-state index >= 15 is 0 Å². The number of nitro groups is 1. The van der Waals surface area contributed by atoms with Crippen molar-refractivity contribution in [1.82, 2.24) is 9.80 Å². The predicted octanol–water partition coefficient (Wildman–Crippen LogP) is 5.06. The molecule has 0 atom stereocenters. The Balaban J connectivity index is 1.34. The van der Waals surface area contributed by atoms with Crippen LogP contribution in [0.4, 0.5) is 16.2 Å². The molecule has 3 aromatic carbocycles. The number of rotatable bonds is 6. The van der Waals surface area contributed by atoms with E-state index in [0.717, 1.165) is 10.9 Å². The van der Waals surface area contributed by atoms with Crippen LogP contribution in [-0.2, 0) is 6.54 Å². The van der Waals surface area contributed by atoms with E-state index in [1.54, 1.807) is 12.1 Å². The lowest BCUT2D eigenvalue weighted by molar-refractivity contribution is -0.384. The van der Waals surface area contributed by atoms with Gasteiger partial charge in [-0.1, -0.05) is 30.3 Å². The van der Waals surface area contributed by atoms with Crippen LogP contribution in [0.3, 0.4) is 0 Å². The standard InChI is InChI=1S/C27H24N4O6/c32-26(20-4-3-5-21(15-20)31(35)36)28-23-7-2-1-6-22(23)25-16-19-9-8-18(14-24(19)37-25)17-29-10-12-30(13-11-29)27(33)34/h1-9,14-16H,10-13,17H2,(H,28,32)(H,33,34). The van der Waals surface area contributed by atoms with Crippen LogP contribution in [0.15, 0.2) is 77.2 Å². The number of non-ortho nitro benzene ring substituents is 1. The number of amides is 2. The molecular weight excluding hydrogens is 476 g/mol. The van der Waals surface area contributed by atoms with Crippen LogP contribution in [-0.4, -0.2) is 58.0 Å². The number of fused-ring (bicyclic) bond motifs is 1. The number of benzene rings is 3. The maximum Gasteiger partial charge on any atom is 0.407 e. The number of nitrogens with zero attached hydrogens (tertiary/aromatic N) is 3. The fraction of sp³-hybridized carbons (Fsp3) is 0.185. The summed E-state index contributed by atoms with van der Waals surface area (Å²) < 4.78 is 6.17. The number of nitrogens with one attached hydrogen (secondary N) is 1. The third-order valence-electron chi connectivity index (χ3n) is 6.39. The van der Waals surface area contributed by atoms with Crippen molar-refractivity contribution in [2.24, 2.45) is 0 Å². The Kier molecular flexibility index (Phi) is 6.57. The van der Waals surface area contributed by atoms with E-state index < -0.39 is 16.9 Å². The van der Waals surface area contributed by atoms with Crippen LogP contribution < -0.4 is 5.32 Å². The molecule has 0 bridgehead atoms. The van der Waals surface area contributed by atoms with Crippen LogP contribution in [0.5, 0.6) is 0 Å². The van der Waals surface area contributed by atoms with E-state index in [1.807, 2.05) is 36.4 Å². The summed E-state index contributed by atoms with van der Waals surface area (Å²) in [5.74, 6) is 0.120. The Hall–Kier alpha value is -4.70. The zero-order valence-corrected chi connectivity index (χ0v) is 19.8. The summed E-state index contributed by atoms with van der Waals surface area (Å²) in [6, 6.07) is 20.7. The summed E-state index contributed by atoms with van der Waals surface area (Å²) >= 11 is 0. The molecule has 1 saturated heterocycles. The van der Waals surface area contributed by atoms with Crippen molar-refractivity contribution in [3.63, 3.8) is 0 Å². The molecule has 4 aromatic rings. The van der Waals surface area contributed by atoms with Gasteiger partial charge >= 0.3 is 6.09 Å². The van der Waals surface area contributed by atoms with Crippen LogP contribution in [0, 0.1) is 10.1 Å². The van der Waals surface area contributed by atoms with E-state index in [2.05, 4.69) is 10.2 Å². The minimum Gasteiger partial charge on any atom is -0.465 e. The first-order valence-corrected chi connectivity index (χ1v) is 11.8. The normalized spacial score (nSPS) is 14.0. The van der Waals surface area contributed by atoms with Crippen molar-refractivity contribution in [1.29, 1.82) is 0 Å². The number of para-hydroxylation sites is 1. The van der Waals surface area contributed by atoms with Gasteiger partial charge in [0.15, 0.2) is 0 Å². The highest BCUT2D eigenvalue weighted by Gasteiger charge is 2.21. The summed E-state index contributed by atoms with van der Waals surface area (Å²) in [7, 11) is 0. The zero-order valence-electron chi connectivity index (χ0n) is 19.8. The SMILES string of the molecule is O=C(Nc1ccccc1-c1cc2ccc(CN3CCN(C(=O)O)CC3)cc2o1)c1cccc([N+](=O)[O-])c1. The summed E-state index contributed by atoms with van der Waals surface area (Å²) in [4.78, 5) is 38.1. The molecule has 1 aliphatic heterocycles. The van der Waals surface area contributed by atoms with Crippen molar-refractivity contribution in [2.75, 3.05) is 31.5 Å². The first kappa shape index (κ1) is 24.0. The second-order valence-corrected chi connectivity index (χ2v) is 8.84. The van der Waals surface area contributed by atoms with Gasteiger partial charge in [-0.3, -0.25) is 19.8 Å². The van der Waals surface area contributed by atoms with E-state index in [1.165, 1.54) is 29.2 Å². The number of carbonyl (C=O) groups excluding carboxylic acids is 1. The van der Waals surface area contributed by atoms with Crippen molar-refractivity contribution in [3.8, 4) is 11.3 Å². The average Bonchev–Trinajstić information content (AvgIpc) is 3.32. The van der Waals surface area contributed by atoms with Crippen LogP contribution in [0.1, 0.15) is 15.9 Å². The number of piperazine rings is 1. The summed E-state index contributed by atoms with van der Waals surface area (Å²) in [5, 5.41) is 24.0. The highest BCUT2D eigenvalue weighted by Crippen LogP contribution is 2.33. The molecular formula is C27H24N4O6. The van der Waals surface area contributed by atoms with Crippen LogP contribution >= 0.6 is 0 Å². The fourth-order valence-corrected chi connectivity index (χ4v) is 4.42. The largest absolute Gasteiger partial charge is 0.465 e. The third kappa shape index (κ3) is 5.29. The van der Waals surface area contributed by atoms with Gasteiger partial charge in [-0.15, -0.1) is 0 Å². The lowest BCUT2D eigenvalue weighted by atomic mass is 10.1. The van der Waals surface area contributed by atoms with E-state index in [0.29, 0.717) is 55.3 Å². The number of furan rings is 1. The Morgan fingerprint density at radius 3 is 2.51 bits per heavy atom. The van der Waals surface area contributed by atoms with Crippen molar-refractivity contribution >= 4 is 34.3 Å². The second-order valence-electron chi connectivity index (χ2n) is 8.84. The van der Waals surface area contributed by atoms with Gasteiger partial charge in [0.05, 0.1) is 10.6 Å². The highest BCUT2D eigenvalue weighted by molar-refractivity contribution is 6.06. The van der Waals surface area contributed by atoms with Gasteiger partial charge in [-0.25, -0.2) is 4.79 Å². The second kappa shape index (κ2) is 10.1. The van der Waals surface area contributed by atoms with Crippen molar-refractivity contribution in [2.45, 2.75) is 6.54 Å². The van der Waals surface area contributed by atoms with Crippen molar-refractivity contribution in [3.05, 3.63) is 94.0 Å². The first-order chi connectivity index (χ1) is 17.9. The van der Waals surface area contributed by atoms with Gasteiger partial charge in [0, 0.05) is 61.4 Å². The van der Waals surface area contributed by atoms with Gasteiger partial charge < -0.3 is 19.7 Å². The van der Waals surface area contributed by atoms with Gasteiger partial charge in [-0.05, 0) is 35.9 Å². The summed E-state index contributed by atoms with van der Waals surface area (Å²) in [6.07, 6.45) is -0.884. The van der Waals surface area contributed by atoms with Gasteiger partial charge in [0.25, 0.3) is 11.6 Å². The maximum atomic E-state index is 12.8. The van der Waals surface area contributed by atoms with Gasteiger partial charge in [0.2, 0.25) is 0 Å². The minimum atomic E-state index is -0.884. The monoisotopic (exact) mass is 500 g/mol. The lowest BCUT2D eigenvalue weighted by Gasteiger charge is -2.33. The molecule has 1 aromatic heterocycles. The predicted molar refractivity (Wildman–Crippen MR) is 138 cm³/mol. The summed E-state index contributed by atoms with van der Waals surface area (Å²) in [6.45, 7) is 3.01. The van der Waals surface area contributed by atoms with Gasteiger partial charge in [-0.2, -0.15) is 0 Å². The quantitative estimate of drug-likeness (QED) is 0.280. The number of carbonyl (C=O) groups is 2. The molecule has 10 nitrogen and oxygen atoms in total. The Labute approximate surface area is 211 Å². The molecule has 0 aliphatic carbocycles. The first-order valence-electron chi connectivity index (χ1n) is 11.8. The lowest BCUT2D eigenvalue weighted by Crippen LogP contribution is -2.47. The van der Waals surface area contributed by atoms with Crippen LogP contribution in [0.2, 0.25) is 0 Å². The average molecular weight is 501 g/mol. The topological polar surface area (TPSA) is 129 Å². The highest BCUT2D eigenvalue weighted by atomic mass is 16.6. The molecule has 1 aliphatic rings. The maximum absolute atomic E-state index is 12.8. The molecule has 37 heavy (non-hydrogen) atoms. The fourth-order valence-electron chi connectivity index (χ4n) is 4.42. The number of anilines is 1. The minimum absolute atomic E-state index is 0.155. The summed E-state index contributed by atoms with van der Waals surface area (Å²) in [5.41, 5.74) is 3.00. The Morgan fingerprint density at radius 1 is 0.973 bits per heavy atom. The molecule has 188 valence electrons. The molecule has 2 N–H and O–H groups in total. The number of hydrogen-bond acceptors (Lipinski definition) is 6. The van der Waals surface area contributed by atoms with E-state index in [4.69, 9.17) is 9.52 Å². The molecule has 2 heterocycles. The molecule has 1 fully saturated rings. The molecule has 0 unspecified atom stereocenters. The molecule has 5 rings (SSSR count).